The summed E-state index contributed by atoms with van der Waals surface area (Å²) in [5.41, 5.74) is 3.02. The molecule has 2 aliphatic rings. The van der Waals surface area contributed by atoms with E-state index in [1.807, 2.05) is 23.2 Å². The molecular weight excluding hydrogens is 350 g/mol. The minimum absolute atomic E-state index is 0.0358. The van der Waals surface area contributed by atoms with E-state index in [0.717, 1.165) is 41.4 Å². The summed E-state index contributed by atoms with van der Waals surface area (Å²) in [4.78, 5) is 19.9. The molecule has 2 aromatic heterocycles. The Bertz CT molecular complexity index is 1040. The van der Waals surface area contributed by atoms with Crippen molar-refractivity contribution in [2.45, 2.75) is 52.6 Å². The fraction of sp³-hybridized carbons (Fsp3) is 0.478. The van der Waals surface area contributed by atoms with E-state index in [4.69, 9.17) is 4.42 Å². The van der Waals surface area contributed by atoms with Crippen molar-refractivity contribution >= 4 is 16.9 Å². The molecule has 1 aliphatic carbocycles. The number of fused-ring (bicyclic) bond motifs is 1. The summed E-state index contributed by atoms with van der Waals surface area (Å²) in [6.45, 7) is 8.31. The molecule has 5 heteroatoms. The van der Waals surface area contributed by atoms with E-state index in [9.17, 15) is 4.79 Å². The molecule has 1 saturated heterocycles. The number of imidazole rings is 1. The highest BCUT2D eigenvalue weighted by Crippen LogP contribution is 2.48. The van der Waals surface area contributed by atoms with Crippen molar-refractivity contribution in [3.05, 3.63) is 53.8 Å². The van der Waals surface area contributed by atoms with Gasteiger partial charge in [-0.1, -0.05) is 25.5 Å². The number of nitrogens with zero attached hydrogens (tertiary/aromatic N) is 3. The highest BCUT2D eigenvalue weighted by atomic mass is 16.3. The van der Waals surface area contributed by atoms with Crippen LogP contribution in [0.25, 0.3) is 11.0 Å². The lowest BCUT2D eigenvalue weighted by molar-refractivity contribution is -0.152. The van der Waals surface area contributed by atoms with E-state index in [-0.39, 0.29) is 17.4 Å². The third-order valence-electron chi connectivity index (χ3n) is 6.25. The van der Waals surface area contributed by atoms with Gasteiger partial charge in [0.15, 0.2) is 0 Å². The number of rotatable bonds is 5. The Balaban J connectivity index is 1.39. The van der Waals surface area contributed by atoms with Gasteiger partial charge in [0.05, 0.1) is 18.7 Å². The molecule has 5 rings (SSSR count). The third-order valence-corrected chi connectivity index (χ3v) is 6.25. The largest absolute Gasteiger partial charge is 0.464 e. The molecule has 3 heterocycles. The molecule has 5 nitrogen and oxygen atoms in total. The Hall–Kier alpha value is -2.56. The SMILES string of the molecule is Cc1ccc2occ(CC(=O)N3CC(C)(C)C3c3nccn3CC3CC3)c2c1. The second-order valence-corrected chi connectivity index (χ2v) is 9.23. The molecule has 1 aromatic carbocycles. The normalized spacial score (nSPS) is 21.1. The van der Waals surface area contributed by atoms with E-state index in [1.165, 1.54) is 18.4 Å². The molecule has 1 aliphatic heterocycles. The molecule has 0 N–H and O–H groups in total. The van der Waals surface area contributed by atoms with E-state index < -0.39 is 0 Å². The van der Waals surface area contributed by atoms with Crippen molar-refractivity contribution in [2.24, 2.45) is 11.3 Å². The second-order valence-electron chi connectivity index (χ2n) is 9.23. The molecule has 0 radical (unpaired) electrons. The van der Waals surface area contributed by atoms with Crippen LogP contribution in [0.1, 0.15) is 49.7 Å². The van der Waals surface area contributed by atoms with Crippen molar-refractivity contribution < 1.29 is 9.21 Å². The van der Waals surface area contributed by atoms with Gasteiger partial charge in [0, 0.05) is 41.8 Å². The van der Waals surface area contributed by atoms with Crippen LogP contribution in [0.4, 0.5) is 0 Å². The van der Waals surface area contributed by atoms with E-state index in [1.54, 1.807) is 6.26 Å². The summed E-state index contributed by atoms with van der Waals surface area (Å²) < 4.78 is 7.92. The number of hydrogen-bond acceptors (Lipinski definition) is 3. The topological polar surface area (TPSA) is 51.3 Å². The van der Waals surface area contributed by atoms with Crippen molar-refractivity contribution in [3.63, 3.8) is 0 Å². The first-order valence-corrected chi connectivity index (χ1v) is 10.2. The quantitative estimate of drug-likeness (QED) is 0.658. The van der Waals surface area contributed by atoms with Gasteiger partial charge in [0.2, 0.25) is 5.91 Å². The zero-order valence-corrected chi connectivity index (χ0v) is 16.8. The maximum absolute atomic E-state index is 13.2. The van der Waals surface area contributed by atoms with E-state index >= 15 is 0 Å². The molecule has 1 atom stereocenters. The number of carbonyl (C=O) groups excluding carboxylic acids is 1. The van der Waals surface area contributed by atoms with Crippen LogP contribution in [-0.4, -0.2) is 26.9 Å². The van der Waals surface area contributed by atoms with Crippen LogP contribution >= 0.6 is 0 Å². The van der Waals surface area contributed by atoms with Crippen LogP contribution in [0.5, 0.6) is 0 Å². The monoisotopic (exact) mass is 377 g/mol. The average molecular weight is 377 g/mol. The van der Waals surface area contributed by atoms with Crippen LogP contribution in [0.3, 0.4) is 0 Å². The first kappa shape index (κ1) is 17.5. The van der Waals surface area contributed by atoms with Crippen LogP contribution in [0.15, 0.2) is 41.3 Å². The summed E-state index contributed by atoms with van der Waals surface area (Å²) in [5, 5.41) is 1.04. The van der Waals surface area contributed by atoms with Gasteiger partial charge in [-0.25, -0.2) is 4.98 Å². The lowest BCUT2D eigenvalue weighted by Crippen LogP contribution is -2.59. The molecule has 146 valence electrons. The number of furan rings is 1. The highest BCUT2D eigenvalue weighted by molar-refractivity contribution is 5.88. The van der Waals surface area contributed by atoms with Gasteiger partial charge < -0.3 is 13.9 Å². The first-order chi connectivity index (χ1) is 13.4. The smallest absolute Gasteiger partial charge is 0.227 e. The summed E-state index contributed by atoms with van der Waals surface area (Å²) in [6.07, 6.45) is 8.66. The van der Waals surface area contributed by atoms with Gasteiger partial charge in [0.25, 0.3) is 0 Å². The molecule has 28 heavy (non-hydrogen) atoms. The summed E-state index contributed by atoms with van der Waals surface area (Å²) in [6, 6.07) is 6.14. The predicted octanol–water partition coefficient (Wildman–Crippen LogP) is 4.50. The number of likely N-dealkylation sites (tertiary alicyclic amines) is 1. The Morgan fingerprint density at radius 1 is 1.32 bits per heavy atom. The van der Waals surface area contributed by atoms with Gasteiger partial charge >= 0.3 is 0 Å². The molecule has 3 aromatic rings. The van der Waals surface area contributed by atoms with Crippen molar-refractivity contribution in [1.29, 1.82) is 0 Å². The van der Waals surface area contributed by atoms with Crippen molar-refractivity contribution in [3.8, 4) is 0 Å². The second kappa shape index (κ2) is 6.23. The van der Waals surface area contributed by atoms with Crippen molar-refractivity contribution in [1.82, 2.24) is 14.5 Å². The maximum atomic E-state index is 13.2. The zero-order valence-electron chi connectivity index (χ0n) is 16.8. The zero-order chi connectivity index (χ0) is 19.5. The van der Waals surface area contributed by atoms with Gasteiger partial charge in [-0.3, -0.25) is 4.79 Å². The van der Waals surface area contributed by atoms with Crippen LogP contribution in [-0.2, 0) is 17.8 Å². The number of aromatic nitrogens is 2. The lowest BCUT2D eigenvalue weighted by Gasteiger charge is -2.53. The standard InChI is InChI=1S/C23H27N3O2/c1-15-4-7-19-18(10-15)17(13-28-19)11-20(27)26-14-23(2,3)21(26)22-24-8-9-25(22)12-16-5-6-16/h4,7-10,13,16,21H,5-6,11-12,14H2,1-3H3. The maximum Gasteiger partial charge on any atom is 0.227 e. The minimum atomic E-state index is 0.0358. The van der Waals surface area contributed by atoms with Gasteiger partial charge in [0.1, 0.15) is 11.4 Å². The summed E-state index contributed by atoms with van der Waals surface area (Å²) >= 11 is 0. The summed E-state index contributed by atoms with van der Waals surface area (Å²) in [5.74, 6) is 1.96. The van der Waals surface area contributed by atoms with Gasteiger partial charge in [-0.05, 0) is 37.8 Å². The minimum Gasteiger partial charge on any atom is -0.464 e. The molecular formula is C23H27N3O2. The van der Waals surface area contributed by atoms with E-state index in [0.29, 0.717) is 6.42 Å². The predicted molar refractivity (Wildman–Crippen MR) is 108 cm³/mol. The number of benzene rings is 1. The number of aryl methyl sites for hydroxylation is 1. The van der Waals surface area contributed by atoms with Crippen LogP contribution in [0.2, 0.25) is 0 Å². The number of carbonyl (C=O) groups is 1. The molecule has 1 saturated carbocycles. The molecule has 1 unspecified atom stereocenters. The molecule has 1 amide bonds. The first-order valence-electron chi connectivity index (χ1n) is 10.2. The number of amides is 1. The van der Waals surface area contributed by atoms with E-state index in [2.05, 4.69) is 42.6 Å². The lowest BCUT2D eigenvalue weighted by atomic mass is 9.74. The Kier molecular flexibility index (Phi) is 3.90. The summed E-state index contributed by atoms with van der Waals surface area (Å²) in [7, 11) is 0. The highest BCUT2D eigenvalue weighted by Gasteiger charge is 2.50. The third kappa shape index (κ3) is 2.93. The fourth-order valence-electron chi connectivity index (χ4n) is 4.55. The molecule has 0 spiro atoms. The van der Waals surface area contributed by atoms with Crippen LogP contribution in [0, 0.1) is 18.3 Å². The molecule has 0 bridgehead atoms. The van der Waals surface area contributed by atoms with Crippen LogP contribution < -0.4 is 0 Å². The van der Waals surface area contributed by atoms with Crippen molar-refractivity contribution in [2.75, 3.05) is 6.54 Å². The fourth-order valence-corrected chi connectivity index (χ4v) is 4.55. The Morgan fingerprint density at radius 2 is 2.14 bits per heavy atom. The van der Waals surface area contributed by atoms with Gasteiger partial charge in [-0.2, -0.15) is 0 Å². The number of hydrogen-bond donors (Lipinski definition) is 0. The Labute approximate surface area is 165 Å². The average Bonchev–Trinajstić information content (AvgIpc) is 3.22. The van der Waals surface area contributed by atoms with Gasteiger partial charge in [-0.15, -0.1) is 0 Å². The Morgan fingerprint density at radius 3 is 2.89 bits per heavy atom. The molecule has 2 fully saturated rings.